The van der Waals surface area contributed by atoms with Gasteiger partial charge in [0.1, 0.15) is 18.7 Å². The lowest BCUT2D eigenvalue weighted by atomic mass is 10.1. The minimum atomic E-state index is -0.396. The Morgan fingerprint density at radius 1 is 1.36 bits per heavy atom. The largest absolute Gasteiger partial charge is 0.494 e. The highest BCUT2D eigenvalue weighted by Gasteiger charge is 2.35. The number of carbonyl (C=O) groups excluding carboxylic acids is 2. The van der Waals surface area contributed by atoms with Crippen molar-refractivity contribution < 1.29 is 24.0 Å². The Morgan fingerprint density at radius 2 is 2.09 bits per heavy atom. The van der Waals surface area contributed by atoms with E-state index >= 15 is 0 Å². The Bertz CT molecular complexity index is 515. The number of hydrogen-bond donors (Lipinski definition) is 2. The molecule has 1 aromatic carbocycles. The van der Waals surface area contributed by atoms with E-state index in [2.05, 4.69) is 5.32 Å². The Hall–Kier alpha value is -2.08. The van der Waals surface area contributed by atoms with Crippen LogP contribution in [-0.2, 0) is 20.9 Å². The predicted molar refractivity (Wildman–Crippen MR) is 80.6 cm³/mol. The van der Waals surface area contributed by atoms with Crippen LogP contribution in [-0.4, -0.2) is 44.7 Å². The number of nitrogens with one attached hydrogen (secondary N) is 2. The zero-order chi connectivity index (χ0) is 15.9. The lowest BCUT2D eigenvalue weighted by Gasteiger charge is -2.31. The summed E-state index contributed by atoms with van der Waals surface area (Å²) in [7, 11) is 1.34. The van der Waals surface area contributed by atoms with Gasteiger partial charge in [-0.3, -0.25) is 9.59 Å². The number of carbonyl (C=O) groups is 2. The van der Waals surface area contributed by atoms with Crippen molar-refractivity contribution in [3.63, 3.8) is 0 Å². The van der Waals surface area contributed by atoms with Gasteiger partial charge in [-0.25, -0.2) is 0 Å². The van der Waals surface area contributed by atoms with E-state index in [0.717, 1.165) is 22.8 Å². The number of piperazine rings is 1. The molecule has 1 aliphatic heterocycles. The molecule has 22 heavy (non-hydrogen) atoms. The summed E-state index contributed by atoms with van der Waals surface area (Å²) in [5.41, 5.74) is 1.11. The minimum absolute atomic E-state index is 0.0856. The van der Waals surface area contributed by atoms with E-state index < -0.39 is 6.04 Å². The molecule has 2 N–H and O–H groups in total. The average molecular weight is 307 g/mol. The first-order chi connectivity index (χ1) is 10.6. The second-order valence-corrected chi connectivity index (χ2v) is 5.29. The summed E-state index contributed by atoms with van der Waals surface area (Å²) in [4.78, 5) is 24.6. The smallest absolute Gasteiger partial charge is 0.312 e. The molecule has 1 aromatic rings. The van der Waals surface area contributed by atoms with E-state index in [0.29, 0.717) is 19.7 Å². The molecule has 2 rings (SSSR count). The van der Waals surface area contributed by atoms with Crippen molar-refractivity contribution in [3.8, 4) is 5.75 Å². The molecule has 2 atom stereocenters. The summed E-state index contributed by atoms with van der Waals surface area (Å²) in [6.45, 7) is 4.70. The van der Waals surface area contributed by atoms with Crippen LogP contribution in [0.25, 0.3) is 0 Å². The van der Waals surface area contributed by atoms with Gasteiger partial charge in [0.25, 0.3) is 5.91 Å². The number of hydrogen-bond acceptors (Lipinski definition) is 4. The zero-order valence-electron chi connectivity index (χ0n) is 13.1. The second kappa shape index (κ2) is 7.79. The lowest BCUT2D eigenvalue weighted by molar-refractivity contribution is -0.930. The van der Waals surface area contributed by atoms with Crippen LogP contribution in [0.1, 0.15) is 18.9 Å². The van der Waals surface area contributed by atoms with Gasteiger partial charge in [-0.05, 0) is 31.2 Å². The van der Waals surface area contributed by atoms with E-state index in [9.17, 15) is 9.59 Å². The summed E-state index contributed by atoms with van der Waals surface area (Å²) in [5, 5.41) is 2.82. The molecular weight excluding hydrogens is 284 g/mol. The number of esters is 1. The first-order valence-electron chi connectivity index (χ1n) is 7.55. The van der Waals surface area contributed by atoms with Crippen LogP contribution < -0.4 is 15.0 Å². The van der Waals surface area contributed by atoms with Crippen molar-refractivity contribution >= 4 is 11.9 Å². The Kier molecular flexibility index (Phi) is 5.77. The van der Waals surface area contributed by atoms with Gasteiger partial charge in [0.05, 0.1) is 26.8 Å². The predicted octanol–water partition coefficient (Wildman–Crippen LogP) is -0.468. The van der Waals surface area contributed by atoms with Crippen LogP contribution in [0.2, 0.25) is 0 Å². The highest BCUT2D eigenvalue weighted by molar-refractivity contribution is 5.85. The van der Waals surface area contributed by atoms with Crippen molar-refractivity contribution in [1.82, 2.24) is 5.32 Å². The summed E-state index contributed by atoms with van der Waals surface area (Å²) >= 11 is 0. The van der Waals surface area contributed by atoms with E-state index in [1.54, 1.807) is 0 Å². The molecule has 120 valence electrons. The van der Waals surface area contributed by atoms with Crippen molar-refractivity contribution in [2.75, 3.05) is 26.8 Å². The molecule has 1 amide bonds. The van der Waals surface area contributed by atoms with Crippen LogP contribution in [0.3, 0.4) is 0 Å². The Labute approximate surface area is 130 Å². The van der Waals surface area contributed by atoms with Crippen molar-refractivity contribution in [3.05, 3.63) is 29.8 Å². The standard InChI is InChI=1S/C16H22N2O4/c1-3-22-13-6-4-12(5-7-13)11-18-9-8-17-16(20)14(18)10-15(19)21-2/h4-7,14H,3,8-11H2,1-2H3,(H,17,20)/p+1/t14-/m1/s1. The number of benzene rings is 1. The van der Waals surface area contributed by atoms with Crippen LogP contribution >= 0.6 is 0 Å². The number of methoxy groups -OCH3 is 1. The van der Waals surface area contributed by atoms with Gasteiger partial charge in [0.15, 0.2) is 6.04 Å². The fourth-order valence-electron chi connectivity index (χ4n) is 2.66. The summed E-state index contributed by atoms with van der Waals surface area (Å²) in [6.07, 6.45) is 0.106. The van der Waals surface area contributed by atoms with Crippen molar-refractivity contribution in [2.24, 2.45) is 0 Å². The topological polar surface area (TPSA) is 69.1 Å². The number of quaternary nitrogens is 1. The second-order valence-electron chi connectivity index (χ2n) is 5.29. The van der Waals surface area contributed by atoms with Crippen LogP contribution in [0.15, 0.2) is 24.3 Å². The molecule has 1 aliphatic rings. The third-order valence-corrected chi connectivity index (χ3v) is 3.82. The zero-order valence-corrected chi connectivity index (χ0v) is 13.1. The first-order valence-corrected chi connectivity index (χ1v) is 7.55. The first kappa shape index (κ1) is 16.3. The molecule has 1 heterocycles. The molecule has 1 fully saturated rings. The maximum absolute atomic E-state index is 12.0. The Morgan fingerprint density at radius 3 is 2.73 bits per heavy atom. The van der Waals surface area contributed by atoms with Crippen LogP contribution in [0.4, 0.5) is 0 Å². The van der Waals surface area contributed by atoms with E-state index in [4.69, 9.17) is 9.47 Å². The van der Waals surface area contributed by atoms with Gasteiger partial charge >= 0.3 is 5.97 Å². The summed E-state index contributed by atoms with van der Waals surface area (Å²) < 4.78 is 10.1. The van der Waals surface area contributed by atoms with Gasteiger partial charge < -0.3 is 19.7 Å². The average Bonchev–Trinajstić information content (AvgIpc) is 2.52. The molecule has 1 saturated heterocycles. The fourth-order valence-corrected chi connectivity index (χ4v) is 2.66. The lowest BCUT2D eigenvalue weighted by Crippen LogP contribution is -3.18. The molecule has 6 nitrogen and oxygen atoms in total. The van der Waals surface area contributed by atoms with Gasteiger partial charge in [0, 0.05) is 5.56 Å². The molecule has 0 spiro atoms. The van der Waals surface area contributed by atoms with E-state index in [1.807, 2.05) is 31.2 Å². The van der Waals surface area contributed by atoms with Crippen molar-refractivity contribution in [1.29, 1.82) is 0 Å². The maximum atomic E-state index is 12.0. The molecule has 6 heteroatoms. The Balaban J connectivity index is 2.04. The maximum Gasteiger partial charge on any atom is 0.312 e. The van der Waals surface area contributed by atoms with Gasteiger partial charge in [-0.15, -0.1) is 0 Å². The normalized spacial score (nSPS) is 21.1. The quantitative estimate of drug-likeness (QED) is 0.697. The number of ether oxygens (including phenoxy) is 2. The molecule has 0 aliphatic carbocycles. The monoisotopic (exact) mass is 307 g/mol. The van der Waals surface area contributed by atoms with Gasteiger partial charge in [0.2, 0.25) is 0 Å². The molecule has 0 bridgehead atoms. The van der Waals surface area contributed by atoms with Crippen LogP contribution in [0.5, 0.6) is 5.75 Å². The fraction of sp³-hybridized carbons (Fsp3) is 0.500. The summed E-state index contributed by atoms with van der Waals surface area (Å²) in [5.74, 6) is 0.396. The number of amides is 1. The highest BCUT2D eigenvalue weighted by atomic mass is 16.5. The number of rotatable bonds is 6. The highest BCUT2D eigenvalue weighted by Crippen LogP contribution is 2.11. The minimum Gasteiger partial charge on any atom is -0.494 e. The molecular formula is C16H23N2O4+. The van der Waals surface area contributed by atoms with Crippen LogP contribution in [0, 0.1) is 0 Å². The third kappa shape index (κ3) is 4.21. The van der Waals surface area contributed by atoms with Gasteiger partial charge in [-0.2, -0.15) is 0 Å². The van der Waals surface area contributed by atoms with E-state index in [1.165, 1.54) is 7.11 Å². The van der Waals surface area contributed by atoms with Crippen molar-refractivity contribution in [2.45, 2.75) is 25.9 Å². The molecule has 0 radical (unpaired) electrons. The SMILES string of the molecule is CCOc1ccc(C[NH+]2CCNC(=O)[C@H]2CC(=O)OC)cc1. The molecule has 0 aromatic heterocycles. The third-order valence-electron chi connectivity index (χ3n) is 3.82. The molecule has 1 unspecified atom stereocenters. The molecule has 0 saturated carbocycles. The van der Waals surface area contributed by atoms with Gasteiger partial charge in [-0.1, -0.05) is 0 Å². The van der Waals surface area contributed by atoms with E-state index in [-0.39, 0.29) is 18.3 Å². The summed E-state index contributed by atoms with van der Waals surface area (Å²) in [6, 6.07) is 7.46.